The van der Waals surface area contributed by atoms with Gasteiger partial charge < -0.3 is 10.4 Å². The molecule has 1 aliphatic rings. The van der Waals surface area contributed by atoms with Gasteiger partial charge in [0.15, 0.2) is 0 Å². The molecule has 0 unspecified atom stereocenters. The van der Waals surface area contributed by atoms with Gasteiger partial charge in [-0.15, -0.1) is 0 Å². The van der Waals surface area contributed by atoms with E-state index in [2.05, 4.69) is 5.32 Å². The van der Waals surface area contributed by atoms with Crippen LogP contribution < -0.4 is 5.32 Å². The summed E-state index contributed by atoms with van der Waals surface area (Å²) in [4.78, 5) is 35.3. The number of urea groups is 1. The highest BCUT2D eigenvalue weighted by atomic mass is 35.5. The first-order valence-electron chi connectivity index (χ1n) is 6.05. The second kappa shape index (κ2) is 5.92. The quantitative estimate of drug-likeness (QED) is 0.809. The standard InChI is InChI=1S/C13H13ClN2O4/c14-9-3-1-2-8(6-9)7-16-12(19)10(15-13(16)20)4-5-11(17)18/h1-3,6,10H,4-5,7H2,(H,15,20)(H,17,18)/t10-/m1/s1. The molecule has 0 saturated carbocycles. The Morgan fingerprint density at radius 3 is 2.80 bits per heavy atom. The second-order valence-electron chi connectivity index (χ2n) is 4.49. The van der Waals surface area contributed by atoms with E-state index < -0.39 is 23.9 Å². The molecule has 6 nitrogen and oxygen atoms in total. The summed E-state index contributed by atoms with van der Waals surface area (Å²) in [5, 5.41) is 11.6. The van der Waals surface area contributed by atoms with Gasteiger partial charge in [0.2, 0.25) is 0 Å². The van der Waals surface area contributed by atoms with Gasteiger partial charge in [-0.1, -0.05) is 23.7 Å². The minimum atomic E-state index is -1.000. The number of carboxylic acids is 1. The van der Waals surface area contributed by atoms with Gasteiger partial charge in [-0.3, -0.25) is 14.5 Å². The number of hydrogen-bond donors (Lipinski definition) is 2. The first-order chi connectivity index (χ1) is 9.47. The SMILES string of the molecule is O=C(O)CC[C@H]1NC(=O)N(Cc2cccc(Cl)c2)C1=O. The number of carbonyl (C=O) groups is 3. The number of carbonyl (C=O) groups excluding carboxylic acids is 2. The van der Waals surface area contributed by atoms with Crippen LogP contribution >= 0.6 is 11.6 Å². The lowest BCUT2D eigenvalue weighted by Crippen LogP contribution is -2.31. The van der Waals surface area contributed by atoms with E-state index >= 15 is 0 Å². The Hall–Kier alpha value is -2.08. The summed E-state index contributed by atoms with van der Waals surface area (Å²) in [6, 6.07) is 5.59. The van der Waals surface area contributed by atoms with Crippen molar-refractivity contribution in [1.82, 2.24) is 10.2 Å². The Bertz CT molecular complexity index is 561. The van der Waals surface area contributed by atoms with Crippen LogP contribution in [0.25, 0.3) is 0 Å². The zero-order valence-corrected chi connectivity index (χ0v) is 11.3. The Morgan fingerprint density at radius 2 is 2.15 bits per heavy atom. The predicted molar refractivity (Wildman–Crippen MR) is 71.2 cm³/mol. The van der Waals surface area contributed by atoms with Crippen LogP contribution in [0.15, 0.2) is 24.3 Å². The van der Waals surface area contributed by atoms with Crippen molar-refractivity contribution in [3.63, 3.8) is 0 Å². The number of imide groups is 1. The van der Waals surface area contributed by atoms with Crippen molar-refractivity contribution < 1.29 is 19.5 Å². The molecule has 0 aromatic heterocycles. The van der Waals surface area contributed by atoms with Crippen LogP contribution in [-0.2, 0) is 16.1 Å². The lowest BCUT2D eigenvalue weighted by molar-refractivity contribution is -0.137. The minimum Gasteiger partial charge on any atom is -0.481 e. The molecule has 3 amide bonds. The van der Waals surface area contributed by atoms with E-state index in [1.807, 2.05) is 0 Å². The van der Waals surface area contributed by atoms with Gasteiger partial charge in [-0.25, -0.2) is 4.79 Å². The maximum atomic E-state index is 12.0. The molecule has 1 aromatic carbocycles. The average Bonchev–Trinajstić information content (AvgIpc) is 2.64. The highest BCUT2D eigenvalue weighted by molar-refractivity contribution is 6.30. The lowest BCUT2D eigenvalue weighted by Gasteiger charge is -2.13. The molecule has 2 rings (SSSR count). The Balaban J connectivity index is 2.03. The van der Waals surface area contributed by atoms with Crippen molar-refractivity contribution >= 4 is 29.5 Å². The molecule has 2 N–H and O–H groups in total. The van der Waals surface area contributed by atoms with E-state index in [1.165, 1.54) is 0 Å². The Morgan fingerprint density at radius 1 is 1.40 bits per heavy atom. The molecular weight excluding hydrogens is 284 g/mol. The molecule has 1 atom stereocenters. The predicted octanol–water partition coefficient (Wildman–Crippen LogP) is 1.63. The number of carboxylic acid groups (broad SMARTS) is 1. The largest absolute Gasteiger partial charge is 0.481 e. The van der Waals surface area contributed by atoms with Gasteiger partial charge in [0.1, 0.15) is 6.04 Å². The molecule has 1 aromatic rings. The molecule has 1 aliphatic heterocycles. The molecule has 0 aliphatic carbocycles. The fourth-order valence-electron chi connectivity index (χ4n) is 2.01. The third-order valence-corrected chi connectivity index (χ3v) is 3.22. The number of hydrogen-bond acceptors (Lipinski definition) is 3. The van der Waals surface area contributed by atoms with Crippen molar-refractivity contribution in [2.75, 3.05) is 0 Å². The maximum absolute atomic E-state index is 12.0. The second-order valence-corrected chi connectivity index (χ2v) is 4.93. The molecule has 106 valence electrons. The molecule has 0 bridgehead atoms. The monoisotopic (exact) mass is 296 g/mol. The molecule has 1 heterocycles. The third-order valence-electron chi connectivity index (χ3n) is 2.98. The number of nitrogens with one attached hydrogen (secondary N) is 1. The molecule has 1 fully saturated rings. The van der Waals surface area contributed by atoms with Gasteiger partial charge in [0, 0.05) is 11.4 Å². The Kier molecular flexibility index (Phi) is 4.24. The summed E-state index contributed by atoms with van der Waals surface area (Å²) in [6.45, 7) is 0.120. The van der Waals surface area contributed by atoms with Crippen molar-refractivity contribution in [1.29, 1.82) is 0 Å². The van der Waals surface area contributed by atoms with Crippen LogP contribution in [0, 0.1) is 0 Å². The zero-order valence-electron chi connectivity index (χ0n) is 10.5. The van der Waals surface area contributed by atoms with Crippen molar-refractivity contribution in [3.8, 4) is 0 Å². The van der Waals surface area contributed by atoms with Gasteiger partial charge in [-0.2, -0.15) is 0 Å². The van der Waals surface area contributed by atoms with E-state index in [-0.39, 0.29) is 19.4 Å². The van der Waals surface area contributed by atoms with Gasteiger partial charge in [0.05, 0.1) is 6.54 Å². The van der Waals surface area contributed by atoms with Crippen molar-refractivity contribution in [2.24, 2.45) is 0 Å². The van der Waals surface area contributed by atoms with E-state index in [0.29, 0.717) is 5.02 Å². The first kappa shape index (κ1) is 14.3. The van der Waals surface area contributed by atoms with E-state index in [0.717, 1.165) is 10.5 Å². The van der Waals surface area contributed by atoms with Crippen LogP contribution in [0.3, 0.4) is 0 Å². The zero-order chi connectivity index (χ0) is 14.7. The van der Waals surface area contributed by atoms with Gasteiger partial charge in [0.25, 0.3) is 5.91 Å². The summed E-state index contributed by atoms with van der Waals surface area (Å²) >= 11 is 5.85. The maximum Gasteiger partial charge on any atom is 0.325 e. The summed E-state index contributed by atoms with van der Waals surface area (Å²) in [6.07, 6.45) is -0.0757. The Labute approximate surface area is 120 Å². The van der Waals surface area contributed by atoms with E-state index in [4.69, 9.17) is 16.7 Å². The summed E-state index contributed by atoms with van der Waals surface area (Å²) < 4.78 is 0. The van der Waals surface area contributed by atoms with Crippen LogP contribution in [0.2, 0.25) is 5.02 Å². The smallest absolute Gasteiger partial charge is 0.325 e. The lowest BCUT2D eigenvalue weighted by atomic mass is 10.1. The first-order valence-corrected chi connectivity index (χ1v) is 6.43. The highest BCUT2D eigenvalue weighted by Gasteiger charge is 2.37. The van der Waals surface area contributed by atoms with Crippen LogP contribution in [0.4, 0.5) is 4.79 Å². The fraction of sp³-hybridized carbons (Fsp3) is 0.308. The van der Waals surface area contributed by atoms with Crippen LogP contribution in [0.5, 0.6) is 0 Å². The normalized spacial score (nSPS) is 18.2. The van der Waals surface area contributed by atoms with Crippen LogP contribution in [0.1, 0.15) is 18.4 Å². The van der Waals surface area contributed by atoms with Gasteiger partial charge in [-0.05, 0) is 24.1 Å². The number of rotatable bonds is 5. The highest BCUT2D eigenvalue weighted by Crippen LogP contribution is 2.17. The molecule has 1 saturated heterocycles. The molecule has 0 spiro atoms. The number of nitrogens with zero attached hydrogens (tertiary/aromatic N) is 1. The third kappa shape index (κ3) is 3.27. The molecular formula is C13H13ClN2O4. The topological polar surface area (TPSA) is 86.7 Å². The van der Waals surface area contributed by atoms with Gasteiger partial charge >= 0.3 is 12.0 Å². The molecule has 0 radical (unpaired) electrons. The summed E-state index contributed by atoms with van der Waals surface area (Å²) in [5.74, 6) is -1.41. The number of halogens is 1. The molecule has 7 heteroatoms. The average molecular weight is 297 g/mol. The number of benzene rings is 1. The number of aliphatic carboxylic acids is 1. The van der Waals surface area contributed by atoms with E-state index in [9.17, 15) is 14.4 Å². The van der Waals surface area contributed by atoms with E-state index in [1.54, 1.807) is 24.3 Å². The van der Waals surface area contributed by atoms with Crippen molar-refractivity contribution in [3.05, 3.63) is 34.9 Å². The van der Waals surface area contributed by atoms with Crippen LogP contribution in [-0.4, -0.2) is 34.0 Å². The summed E-state index contributed by atoms with van der Waals surface area (Å²) in [7, 11) is 0. The minimum absolute atomic E-state index is 0.0892. The van der Waals surface area contributed by atoms with Crippen molar-refractivity contribution in [2.45, 2.75) is 25.4 Å². The number of amides is 3. The fourth-order valence-corrected chi connectivity index (χ4v) is 2.22. The summed E-state index contributed by atoms with van der Waals surface area (Å²) in [5.41, 5.74) is 0.736. The molecule has 20 heavy (non-hydrogen) atoms.